The summed E-state index contributed by atoms with van der Waals surface area (Å²) in [6.45, 7) is 1.93. The van der Waals surface area contributed by atoms with Crippen molar-refractivity contribution in [2.45, 2.75) is 32.0 Å². The first kappa shape index (κ1) is 19.6. The number of hydrogen-bond donors (Lipinski definition) is 2. The molecule has 152 valence electrons. The molecule has 2 aliphatic heterocycles. The molecule has 1 aromatic carbocycles. The van der Waals surface area contributed by atoms with E-state index in [1.165, 1.54) is 11.3 Å². The van der Waals surface area contributed by atoms with Crippen LogP contribution >= 0.6 is 11.3 Å². The first-order valence-corrected chi connectivity index (χ1v) is 10.4. The molecular weight excluding hydrogens is 394 g/mol. The Balaban J connectivity index is 1.63. The molecule has 4 rings (SSSR count). The van der Waals surface area contributed by atoms with Crippen molar-refractivity contribution in [2.24, 2.45) is 11.8 Å². The highest BCUT2D eigenvalue weighted by Gasteiger charge is 2.55. The lowest BCUT2D eigenvalue weighted by molar-refractivity contribution is -0.147. The number of carboxylic acid groups (broad SMARTS) is 1. The first-order valence-electron chi connectivity index (χ1n) is 9.55. The Hall–Kier alpha value is -2.71. The van der Waals surface area contributed by atoms with Gasteiger partial charge in [0, 0.05) is 4.88 Å². The van der Waals surface area contributed by atoms with Crippen molar-refractivity contribution in [3.8, 4) is 10.4 Å². The molecule has 0 saturated carbocycles. The summed E-state index contributed by atoms with van der Waals surface area (Å²) in [7, 11) is 0. The summed E-state index contributed by atoms with van der Waals surface area (Å²) in [4.78, 5) is 37.9. The lowest BCUT2D eigenvalue weighted by Crippen LogP contribution is -2.41. The van der Waals surface area contributed by atoms with E-state index in [9.17, 15) is 19.5 Å². The zero-order valence-electron chi connectivity index (χ0n) is 15.8. The fraction of sp³-hybridized carbons (Fsp3) is 0.381. The summed E-state index contributed by atoms with van der Waals surface area (Å²) in [5, 5.41) is 12.7. The molecule has 1 aromatic heterocycles. The van der Waals surface area contributed by atoms with Gasteiger partial charge in [0.15, 0.2) is 0 Å². The molecule has 29 heavy (non-hydrogen) atoms. The van der Waals surface area contributed by atoms with Crippen LogP contribution in [0.1, 0.15) is 30.1 Å². The van der Waals surface area contributed by atoms with Crippen LogP contribution in [-0.4, -0.2) is 41.8 Å². The van der Waals surface area contributed by atoms with Crippen LogP contribution in [0.25, 0.3) is 10.4 Å². The van der Waals surface area contributed by atoms with E-state index in [2.05, 4.69) is 5.32 Å². The zero-order valence-corrected chi connectivity index (χ0v) is 16.6. The minimum atomic E-state index is -1.03. The number of ether oxygens (including phenoxy) is 2. The number of hydrogen-bond acceptors (Lipinski definition) is 6. The number of amides is 1. The molecule has 4 atom stereocenters. The lowest BCUT2D eigenvalue weighted by atomic mass is 9.79. The summed E-state index contributed by atoms with van der Waals surface area (Å²) < 4.78 is 10.8. The molecule has 0 radical (unpaired) electrons. The minimum Gasteiger partial charge on any atom is -0.481 e. The number of carbonyl (C=O) groups is 3. The van der Waals surface area contributed by atoms with Gasteiger partial charge in [0.1, 0.15) is 5.00 Å². The molecule has 0 spiro atoms. The maximum absolute atomic E-state index is 13.0. The molecule has 8 heteroatoms. The number of nitrogens with one attached hydrogen (secondary N) is 1. The van der Waals surface area contributed by atoms with Crippen molar-refractivity contribution < 1.29 is 29.0 Å². The number of rotatable bonds is 6. The number of thiophene rings is 1. The molecule has 2 aromatic rings. The molecule has 0 aliphatic carbocycles. The van der Waals surface area contributed by atoms with Crippen LogP contribution in [0.2, 0.25) is 0 Å². The maximum atomic E-state index is 13.0. The smallest absolute Gasteiger partial charge is 0.341 e. The highest BCUT2D eigenvalue weighted by Crippen LogP contribution is 2.45. The molecule has 3 heterocycles. The Labute approximate surface area is 171 Å². The summed E-state index contributed by atoms with van der Waals surface area (Å²) in [6, 6.07) is 11.2. The molecule has 7 nitrogen and oxygen atoms in total. The van der Waals surface area contributed by atoms with Gasteiger partial charge in [-0.05, 0) is 31.4 Å². The van der Waals surface area contributed by atoms with E-state index >= 15 is 0 Å². The largest absolute Gasteiger partial charge is 0.481 e. The van der Waals surface area contributed by atoms with Gasteiger partial charge < -0.3 is 19.9 Å². The number of aliphatic carboxylic acids is 1. The zero-order chi connectivity index (χ0) is 20.5. The topological polar surface area (TPSA) is 102 Å². The molecule has 2 aliphatic rings. The van der Waals surface area contributed by atoms with Crippen LogP contribution in [0.5, 0.6) is 0 Å². The van der Waals surface area contributed by atoms with Gasteiger partial charge in [-0.1, -0.05) is 30.3 Å². The Morgan fingerprint density at radius 1 is 1.17 bits per heavy atom. The van der Waals surface area contributed by atoms with Crippen molar-refractivity contribution in [1.82, 2.24) is 0 Å². The van der Waals surface area contributed by atoms with E-state index < -0.39 is 41.9 Å². The average Bonchev–Trinajstić information content (AvgIpc) is 3.43. The predicted molar refractivity (Wildman–Crippen MR) is 107 cm³/mol. The van der Waals surface area contributed by atoms with Gasteiger partial charge in [-0.3, -0.25) is 9.59 Å². The van der Waals surface area contributed by atoms with Gasteiger partial charge >= 0.3 is 11.9 Å². The predicted octanol–water partition coefficient (Wildman–Crippen LogP) is 3.41. The maximum Gasteiger partial charge on any atom is 0.341 e. The Morgan fingerprint density at radius 3 is 2.52 bits per heavy atom. The van der Waals surface area contributed by atoms with Crippen molar-refractivity contribution >= 4 is 34.2 Å². The third-order valence-electron chi connectivity index (χ3n) is 5.38. The van der Waals surface area contributed by atoms with Crippen molar-refractivity contribution in [3.63, 3.8) is 0 Å². The average molecular weight is 415 g/mol. The van der Waals surface area contributed by atoms with Crippen LogP contribution in [0.15, 0.2) is 36.4 Å². The molecule has 2 saturated heterocycles. The number of benzene rings is 1. The minimum absolute atomic E-state index is 0.212. The van der Waals surface area contributed by atoms with E-state index in [0.717, 1.165) is 10.4 Å². The summed E-state index contributed by atoms with van der Waals surface area (Å²) >= 11 is 1.26. The van der Waals surface area contributed by atoms with E-state index in [-0.39, 0.29) is 12.2 Å². The van der Waals surface area contributed by atoms with E-state index in [0.29, 0.717) is 17.8 Å². The first-order chi connectivity index (χ1) is 14.0. The van der Waals surface area contributed by atoms with Gasteiger partial charge in [0.05, 0.1) is 36.2 Å². The van der Waals surface area contributed by atoms with Gasteiger partial charge in [0.25, 0.3) is 0 Å². The summed E-state index contributed by atoms with van der Waals surface area (Å²) in [5.41, 5.74) is 1.18. The number of carbonyl (C=O) groups excluding carboxylic acids is 2. The molecule has 2 N–H and O–H groups in total. The second-order valence-corrected chi connectivity index (χ2v) is 8.16. The van der Waals surface area contributed by atoms with E-state index in [4.69, 9.17) is 9.47 Å². The van der Waals surface area contributed by atoms with Gasteiger partial charge in [-0.15, -0.1) is 11.3 Å². The fourth-order valence-corrected chi connectivity index (χ4v) is 5.16. The Bertz CT molecular complexity index is 940. The normalized spacial score (nSPS) is 25.0. The van der Waals surface area contributed by atoms with E-state index in [1.54, 1.807) is 13.0 Å². The lowest BCUT2D eigenvalue weighted by Gasteiger charge is -2.23. The van der Waals surface area contributed by atoms with Crippen LogP contribution in [0.3, 0.4) is 0 Å². The number of fused-ring (bicyclic) bond motifs is 2. The number of anilines is 1. The monoisotopic (exact) mass is 415 g/mol. The quantitative estimate of drug-likeness (QED) is 0.701. The van der Waals surface area contributed by atoms with Crippen molar-refractivity contribution in [1.29, 1.82) is 0 Å². The van der Waals surface area contributed by atoms with Gasteiger partial charge in [0.2, 0.25) is 5.91 Å². The standard InChI is InChI=1S/C21H21NO6S/c1-2-27-21(26)12-10-15(11-6-4-3-5-7-11)29-19(12)22-18(23)16-13-8-9-14(28-13)17(16)20(24)25/h3-7,10,13-14,16-17H,2,8-9H2,1H3,(H,22,23)(H,24,25)/t13-,14+,16-,17+/m1/s1. The molecular formula is C21H21NO6S. The summed E-state index contributed by atoms with van der Waals surface area (Å²) in [5.74, 6) is -3.63. The molecule has 2 fully saturated rings. The number of esters is 1. The van der Waals surface area contributed by atoms with Gasteiger partial charge in [-0.2, -0.15) is 0 Å². The fourth-order valence-electron chi connectivity index (χ4n) is 4.11. The van der Waals surface area contributed by atoms with Crippen LogP contribution in [0.4, 0.5) is 5.00 Å². The SMILES string of the molecule is CCOC(=O)c1cc(-c2ccccc2)sc1NC(=O)[C@H]1[C@@H](C(=O)O)[C@@H]2CC[C@H]1O2. The highest BCUT2D eigenvalue weighted by atomic mass is 32.1. The van der Waals surface area contributed by atoms with Crippen LogP contribution in [-0.2, 0) is 19.1 Å². The molecule has 2 bridgehead atoms. The Morgan fingerprint density at radius 2 is 1.86 bits per heavy atom. The van der Waals surface area contributed by atoms with Crippen molar-refractivity contribution in [3.05, 3.63) is 42.0 Å². The molecule has 1 amide bonds. The van der Waals surface area contributed by atoms with E-state index in [1.807, 2.05) is 30.3 Å². The summed E-state index contributed by atoms with van der Waals surface area (Å²) in [6.07, 6.45) is 0.481. The second kappa shape index (κ2) is 7.96. The Kier molecular flexibility index (Phi) is 5.38. The third kappa shape index (κ3) is 3.65. The van der Waals surface area contributed by atoms with Crippen molar-refractivity contribution in [2.75, 3.05) is 11.9 Å². The second-order valence-electron chi connectivity index (χ2n) is 7.11. The van der Waals surface area contributed by atoms with Gasteiger partial charge in [-0.25, -0.2) is 4.79 Å². The highest BCUT2D eigenvalue weighted by molar-refractivity contribution is 7.20. The van der Waals surface area contributed by atoms with Crippen LogP contribution < -0.4 is 5.32 Å². The van der Waals surface area contributed by atoms with Crippen LogP contribution in [0, 0.1) is 11.8 Å². The molecule has 0 unspecified atom stereocenters. The third-order valence-corrected chi connectivity index (χ3v) is 6.48. The number of carboxylic acids is 1.